The SMILES string of the molecule is CC(=O)N1N=C(c2ccc(Cl)cc2)CC1c1ccc(Oc2ccc(Br)cc2)cc1. The summed E-state index contributed by atoms with van der Waals surface area (Å²) in [5, 5.41) is 6.79. The van der Waals surface area contributed by atoms with Gasteiger partial charge in [-0.2, -0.15) is 5.10 Å². The summed E-state index contributed by atoms with van der Waals surface area (Å²) >= 11 is 9.40. The van der Waals surface area contributed by atoms with E-state index < -0.39 is 0 Å². The third-order valence-corrected chi connectivity index (χ3v) is 5.51. The van der Waals surface area contributed by atoms with E-state index in [1.807, 2.05) is 72.8 Å². The molecule has 3 aromatic rings. The molecule has 1 aliphatic rings. The predicted molar refractivity (Wildman–Crippen MR) is 119 cm³/mol. The van der Waals surface area contributed by atoms with Crippen molar-refractivity contribution in [2.45, 2.75) is 19.4 Å². The Balaban J connectivity index is 1.53. The Bertz CT molecular complexity index is 1050. The number of benzene rings is 3. The number of carbonyl (C=O) groups excluding carboxylic acids is 1. The van der Waals surface area contributed by atoms with E-state index in [0.29, 0.717) is 11.4 Å². The van der Waals surface area contributed by atoms with Gasteiger partial charge in [-0.05, 0) is 59.7 Å². The van der Waals surface area contributed by atoms with Gasteiger partial charge in [0.05, 0.1) is 11.8 Å². The second kappa shape index (κ2) is 8.39. The van der Waals surface area contributed by atoms with E-state index in [2.05, 4.69) is 21.0 Å². The first kappa shape index (κ1) is 19.7. The summed E-state index contributed by atoms with van der Waals surface area (Å²) < 4.78 is 6.89. The van der Waals surface area contributed by atoms with E-state index in [0.717, 1.165) is 32.8 Å². The first-order valence-electron chi connectivity index (χ1n) is 9.16. The molecule has 0 bridgehead atoms. The Morgan fingerprint density at radius 1 is 1.00 bits per heavy atom. The Morgan fingerprint density at radius 3 is 2.17 bits per heavy atom. The molecule has 0 spiro atoms. The summed E-state index contributed by atoms with van der Waals surface area (Å²) in [7, 11) is 0. The summed E-state index contributed by atoms with van der Waals surface area (Å²) in [5.41, 5.74) is 2.85. The number of hydrazone groups is 1. The van der Waals surface area contributed by atoms with Crippen LogP contribution in [0.15, 0.2) is 82.4 Å². The maximum absolute atomic E-state index is 12.2. The molecule has 4 rings (SSSR count). The van der Waals surface area contributed by atoms with Gasteiger partial charge in [0.15, 0.2) is 0 Å². The maximum Gasteiger partial charge on any atom is 0.240 e. The van der Waals surface area contributed by atoms with Gasteiger partial charge in [0.1, 0.15) is 11.5 Å². The number of nitrogens with zero attached hydrogens (tertiary/aromatic N) is 2. The molecule has 0 saturated heterocycles. The van der Waals surface area contributed by atoms with Crippen molar-refractivity contribution in [3.05, 3.63) is 93.4 Å². The lowest BCUT2D eigenvalue weighted by atomic mass is 9.98. The molecule has 1 atom stereocenters. The normalized spacial score (nSPS) is 15.9. The molecular formula is C23H18BrClN2O2. The second-order valence-corrected chi connectivity index (χ2v) is 8.11. The number of rotatable bonds is 4. The van der Waals surface area contributed by atoms with Crippen LogP contribution in [0.3, 0.4) is 0 Å². The highest BCUT2D eigenvalue weighted by molar-refractivity contribution is 9.10. The van der Waals surface area contributed by atoms with Crippen molar-refractivity contribution in [1.82, 2.24) is 5.01 Å². The van der Waals surface area contributed by atoms with Crippen molar-refractivity contribution >= 4 is 39.1 Å². The summed E-state index contributed by atoms with van der Waals surface area (Å²) in [5.74, 6) is 1.41. The average molecular weight is 470 g/mol. The highest BCUT2D eigenvalue weighted by Crippen LogP contribution is 2.34. The average Bonchev–Trinajstić information content (AvgIpc) is 3.17. The summed E-state index contributed by atoms with van der Waals surface area (Å²) in [4.78, 5) is 12.2. The molecule has 4 nitrogen and oxygen atoms in total. The van der Waals surface area contributed by atoms with Crippen molar-refractivity contribution in [3.63, 3.8) is 0 Å². The fourth-order valence-electron chi connectivity index (χ4n) is 3.27. The van der Waals surface area contributed by atoms with Crippen molar-refractivity contribution in [2.24, 2.45) is 5.10 Å². The Hall–Kier alpha value is -2.63. The van der Waals surface area contributed by atoms with Gasteiger partial charge >= 0.3 is 0 Å². The van der Waals surface area contributed by atoms with E-state index >= 15 is 0 Å². The monoisotopic (exact) mass is 468 g/mol. The number of ether oxygens (including phenoxy) is 1. The van der Waals surface area contributed by atoms with Crippen molar-refractivity contribution < 1.29 is 9.53 Å². The number of carbonyl (C=O) groups is 1. The molecule has 1 aliphatic heterocycles. The van der Waals surface area contributed by atoms with Gasteiger partial charge in [0.25, 0.3) is 0 Å². The molecule has 29 heavy (non-hydrogen) atoms. The Labute approximate surface area is 182 Å². The van der Waals surface area contributed by atoms with Crippen LogP contribution in [0.5, 0.6) is 11.5 Å². The first-order valence-corrected chi connectivity index (χ1v) is 10.3. The van der Waals surface area contributed by atoms with Gasteiger partial charge in [-0.3, -0.25) is 4.79 Å². The smallest absolute Gasteiger partial charge is 0.240 e. The minimum Gasteiger partial charge on any atom is -0.457 e. The largest absolute Gasteiger partial charge is 0.457 e. The minimum absolute atomic E-state index is 0.0887. The zero-order valence-corrected chi connectivity index (χ0v) is 18.0. The van der Waals surface area contributed by atoms with Crippen molar-refractivity contribution in [3.8, 4) is 11.5 Å². The number of hydrogen-bond donors (Lipinski definition) is 0. The lowest BCUT2D eigenvalue weighted by Crippen LogP contribution is -2.24. The van der Waals surface area contributed by atoms with E-state index in [4.69, 9.17) is 16.3 Å². The van der Waals surface area contributed by atoms with E-state index in [9.17, 15) is 4.79 Å². The molecule has 0 aromatic heterocycles. The van der Waals surface area contributed by atoms with Gasteiger partial charge in [-0.15, -0.1) is 0 Å². The fraction of sp³-hybridized carbons (Fsp3) is 0.130. The van der Waals surface area contributed by atoms with Gasteiger partial charge in [0, 0.05) is 22.8 Å². The van der Waals surface area contributed by atoms with Crippen LogP contribution in [-0.2, 0) is 4.79 Å². The fourth-order valence-corrected chi connectivity index (χ4v) is 3.66. The van der Waals surface area contributed by atoms with Crippen molar-refractivity contribution in [2.75, 3.05) is 0 Å². The van der Waals surface area contributed by atoms with Gasteiger partial charge < -0.3 is 4.74 Å². The number of halogens is 2. The highest BCUT2D eigenvalue weighted by Gasteiger charge is 2.31. The molecule has 0 aliphatic carbocycles. The number of hydrogen-bond acceptors (Lipinski definition) is 3. The third kappa shape index (κ3) is 4.52. The maximum atomic E-state index is 12.2. The predicted octanol–water partition coefficient (Wildman–Crippen LogP) is 6.59. The van der Waals surface area contributed by atoms with E-state index in [-0.39, 0.29) is 11.9 Å². The van der Waals surface area contributed by atoms with Crippen LogP contribution in [0.2, 0.25) is 5.02 Å². The molecule has 1 amide bonds. The minimum atomic E-state index is -0.139. The zero-order valence-electron chi connectivity index (χ0n) is 15.7. The van der Waals surface area contributed by atoms with Gasteiger partial charge in [0.2, 0.25) is 5.91 Å². The quantitative estimate of drug-likeness (QED) is 0.432. The van der Waals surface area contributed by atoms with Gasteiger partial charge in [-0.1, -0.05) is 51.8 Å². The molecule has 0 radical (unpaired) electrons. The molecule has 146 valence electrons. The molecule has 3 aromatic carbocycles. The lowest BCUT2D eigenvalue weighted by molar-refractivity contribution is -0.130. The summed E-state index contributed by atoms with van der Waals surface area (Å²) in [6.07, 6.45) is 0.647. The van der Waals surface area contributed by atoms with Crippen LogP contribution >= 0.6 is 27.5 Å². The number of amides is 1. The molecule has 1 unspecified atom stereocenters. The third-order valence-electron chi connectivity index (χ3n) is 4.72. The standard InChI is InChI=1S/C23H18BrClN2O2/c1-15(28)27-23(14-22(26-27)16-2-8-19(25)9-3-16)17-4-10-20(11-5-17)29-21-12-6-18(24)7-13-21/h2-13,23H,14H2,1H3. The molecular weight excluding hydrogens is 452 g/mol. The van der Waals surface area contributed by atoms with Crippen LogP contribution < -0.4 is 4.74 Å². The lowest BCUT2D eigenvalue weighted by Gasteiger charge is -2.20. The van der Waals surface area contributed by atoms with Crippen LogP contribution in [0.4, 0.5) is 0 Å². The van der Waals surface area contributed by atoms with Gasteiger partial charge in [-0.25, -0.2) is 5.01 Å². The molecule has 6 heteroatoms. The summed E-state index contributed by atoms with van der Waals surface area (Å²) in [6, 6.07) is 22.8. The van der Waals surface area contributed by atoms with Crippen LogP contribution in [0.1, 0.15) is 30.5 Å². The Kier molecular flexibility index (Phi) is 5.69. The van der Waals surface area contributed by atoms with Crippen LogP contribution in [0, 0.1) is 0 Å². The molecule has 0 N–H and O–H groups in total. The van der Waals surface area contributed by atoms with Crippen LogP contribution in [0.25, 0.3) is 0 Å². The topological polar surface area (TPSA) is 41.9 Å². The Morgan fingerprint density at radius 2 is 1.59 bits per heavy atom. The van der Waals surface area contributed by atoms with Crippen LogP contribution in [-0.4, -0.2) is 16.6 Å². The first-order chi connectivity index (χ1) is 14.0. The molecule has 0 fully saturated rings. The summed E-state index contributed by atoms with van der Waals surface area (Å²) in [6.45, 7) is 1.53. The van der Waals surface area contributed by atoms with E-state index in [1.165, 1.54) is 6.92 Å². The van der Waals surface area contributed by atoms with E-state index in [1.54, 1.807) is 5.01 Å². The zero-order chi connectivity index (χ0) is 20.4. The molecule has 1 heterocycles. The molecule has 0 saturated carbocycles. The highest BCUT2D eigenvalue weighted by atomic mass is 79.9. The second-order valence-electron chi connectivity index (χ2n) is 6.76. The van der Waals surface area contributed by atoms with Crippen molar-refractivity contribution in [1.29, 1.82) is 0 Å².